The van der Waals surface area contributed by atoms with Gasteiger partial charge in [-0.2, -0.15) is 0 Å². The summed E-state index contributed by atoms with van der Waals surface area (Å²) in [5.74, 6) is -4.64. The fraction of sp³-hybridized carbons (Fsp3) is 0.100. The summed E-state index contributed by atoms with van der Waals surface area (Å²) in [6.07, 6.45) is 2.03. The lowest BCUT2D eigenvalue weighted by Crippen LogP contribution is -2.09. The van der Waals surface area contributed by atoms with Crippen LogP contribution in [-0.4, -0.2) is 33.6 Å². The number of methoxy groups -OCH3 is 1. The number of halogens is 2. The summed E-state index contributed by atoms with van der Waals surface area (Å²) in [6, 6.07) is 8.21. The van der Waals surface area contributed by atoms with Crippen LogP contribution in [0.4, 0.5) is 8.78 Å². The molecule has 0 radical (unpaired) electrons. The zero-order chi connectivity index (χ0) is 20.4. The lowest BCUT2D eigenvalue weighted by Gasteiger charge is -2.08. The van der Waals surface area contributed by atoms with E-state index in [2.05, 4.69) is 0 Å². The van der Waals surface area contributed by atoms with Crippen LogP contribution in [0.2, 0.25) is 0 Å². The number of carboxylic acids is 1. The molecule has 0 unspecified atom stereocenters. The molecule has 3 rings (SSSR count). The van der Waals surface area contributed by atoms with E-state index in [4.69, 9.17) is 9.84 Å². The molecule has 0 bridgehead atoms. The van der Waals surface area contributed by atoms with Crippen LogP contribution in [0.15, 0.2) is 48.7 Å². The molecule has 0 aliphatic carbocycles. The maximum absolute atomic E-state index is 14.1. The zero-order valence-electron chi connectivity index (χ0n) is 14.6. The Morgan fingerprint density at radius 2 is 1.93 bits per heavy atom. The van der Waals surface area contributed by atoms with Gasteiger partial charge < -0.3 is 19.5 Å². The maximum Gasteiger partial charge on any atom is 0.376 e. The molecule has 1 heterocycles. The van der Waals surface area contributed by atoms with Gasteiger partial charge in [0.15, 0.2) is 0 Å². The fourth-order valence-electron chi connectivity index (χ4n) is 2.91. The molecule has 2 aromatic carbocycles. The Balaban J connectivity index is 2.17. The van der Waals surface area contributed by atoms with E-state index in [-0.39, 0.29) is 17.7 Å². The smallest absolute Gasteiger partial charge is 0.376 e. The first-order chi connectivity index (χ1) is 13.3. The van der Waals surface area contributed by atoms with Gasteiger partial charge in [-0.15, -0.1) is 0 Å². The highest BCUT2D eigenvalue weighted by molar-refractivity contribution is 6.38. The van der Waals surface area contributed by atoms with Crippen LogP contribution < -0.4 is 4.74 Å². The van der Waals surface area contributed by atoms with Crippen molar-refractivity contribution in [2.24, 2.45) is 0 Å². The molecule has 144 valence electrons. The van der Waals surface area contributed by atoms with Crippen molar-refractivity contribution in [3.05, 3.63) is 71.4 Å². The molecule has 0 amide bonds. The van der Waals surface area contributed by atoms with Crippen molar-refractivity contribution in [2.45, 2.75) is 6.54 Å². The minimum Gasteiger partial charge on any atom is -0.507 e. The number of nitrogens with zero attached hydrogens (tertiary/aromatic N) is 1. The first-order valence-electron chi connectivity index (χ1n) is 8.10. The van der Waals surface area contributed by atoms with E-state index in [9.17, 15) is 23.5 Å². The van der Waals surface area contributed by atoms with Gasteiger partial charge in [-0.1, -0.05) is 12.1 Å². The number of carboxylic acid groups (broad SMARTS) is 1. The van der Waals surface area contributed by atoms with E-state index in [1.807, 2.05) is 0 Å². The molecule has 0 saturated heterocycles. The van der Waals surface area contributed by atoms with Gasteiger partial charge in [-0.05, 0) is 18.2 Å². The van der Waals surface area contributed by atoms with Crippen LogP contribution in [0, 0.1) is 11.6 Å². The number of aliphatic hydroxyl groups excluding tert-OH is 1. The predicted octanol–water partition coefficient (Wildman–Crippen LogP) is 3.53. The third-order valence-corrected chi connectivity index (χ3v) is 4.20. The first-order valence-corrected chi connectivity index (χ1v) is 8.10. The SMILES string of the molecule is COc1cccc2c1c(/C(O)=C/C(=O)C(=O)O)cn2Cc1ccc(F)cc1F. The number of aromatic nitrogens is 1. The summed E-state index contributed by atoms with van der Waals surface area (Å²) >= 11 is 0. The number of carbonyl (C=O) groups excluding carboxylic acids is 1. The van der Waals surface area contributed by atoms with Crippen molar-refractivity contribution >= 4 is 28.4 Å². The molecular weight excluding hydrogens is 372 g/mol. The number of hydrogen-bond acceptors (Lipinski definition) is 4. The molecule has 0 aliphatic heterocycles. The van der Waals surface area contributed by atoms with E-state index < -0.39 is 29.1 Å². The number of fused-ring (bicyclic) bond motifs is 1. The summed E-state index contributed by atoms with van der Waals surface area (Å²) in [5.41, 5.74) is 0.892. The highest BCUT2D eigenvalue weighted by Crippen LogP contribution is 2.34. The van der Waals surface area contributed by atoms with Gasteiger partial charge in [0.2, 0.25) is 0 Å². The Kier molecular flexibility index (Phi) is 5.12. The standard InChI is InChI=1S/C20H15F2NO5/c1-28-18-4-2-3-15-19(18)13(16(24)8-17(25)20(26)27)10-23(15)9-11-5-6-12(21)7-14(11)22/h2-8,10,24H,9H2,1H3,(H,26,27)/b16-8-. The summed E-state index contributed by atoms with van der Waals surface area (Å²) < 4.78 is 34.1. The molecule has 0 saturated carbocycles. The highest BCUT2D eigenvalue weighted by atomic mass is 19.1. The van der Waals surface area contributed by atoms with Crippen molar-refractivity contribution in [1.29, 1.82) is 0 Å². The largest absolute Gasteiger partial charge is 0.507 e. The molecular formula is C20H15F2NO5. The van der Waals surface area contributed by atoms with E-state index >= 15 is 0 Å². The van der Waals surface area contributed by atoms with Crippen molar-refractivity contribution in [1.82, 2.24) is 4.57 Å². The van der Waals surface area contributed by atoms with E-state index in [1.165, 1.54) is 19.4 Å². The van der Waals surface area contributed by atoms with Gasteiger partial charge in [-0.3, -0.25) is 4.79 Å². The number of ether oxygens (including phenoxy) is 1. The molecule has 8 heteroatoms. The topological polar surface area (TPSA) is 88.8 Å². The van der Waals surface area contributed by atoms with Crippen LogP contribution in [0.3, 0.4) is 0 Å². The van der Waals surface area contributed by atoms with Gasteiger partial charge >= 0.3 is 5.97 Å². The highest BCUT2D eigenvalue weighted by Gasteiger charge is 2.19. The lowest BCUT2D eigenvalue weighted by atomic mass is 10.1. The second-order valence-electron chi connectivity index (χ2n) is 5.96. The second-order valence-corrected chi connectivity index (χ2v) is 5.96. The Bertz CT molecular complexity index is 1120. The third-order valence-electron chi connectivity index (χ3n) is 4.20. The summed E-state index contributed by atoms with van der Waals surface area (Å²) in [7, 11) is 1.42. The zero-order valence-corrected chi connectivity index (χ0v) is 14.6. The van der Waals surface area contributed by atoms with Crippen molar-refractivity contribution < 1.29 is 33.3 Å². The van der Waals surface area contributed by atoms with Crippen molar-refractivity contribution in [3.8, 4) is 5.75 Å². The third kappa shape index (κ3) is 3.57. The molecule has 0 aliphatic rings. The quantitative estimate of drug-likeness (QED) is 0.384. The minimum atomic E-state index is -1.71. The molecule has 0 spiro atoms. The number of ketones is 1. The Morgan fingerprint density at radius 1 is 1.18 bits per heavy atom. The second kappa shape index (κ2) is 7.51. The van der Waals surface area contributed by atoms with Crippen LogP contribution in [-0.2, 0) is 16.1 Å². The van der Waals surface area contributed by atoms with Crippen molar-refractivity contribution in [2.75, 3.05) is 7.11 Å². The average Bonchev–Trinajstić information content (AvgIpc) is 3.02. The predicted molar refractivity (Wildman–Crippen MR) is 97.2 cm³/mol. The molecule has 3 aromatic rings. The van der Waals surface area contributed by atoms with Gasteiger partial charge in [0.25, 0.3) is 5.78 Å². The number of aliphatic hydroxyl groups is 1. The maximum atomic E-state index is 14.1. The molecule has 28 heavy (non-hydrogen) atoms. The lowest BCUT2D eigenvalue weighted by molar-refractivity contribution is -0.146. The van der Waals surface area contributed by atoms with Gasteiger partial charge in [0, 0.05) is 29.5 Å². The number of carbonyl (C=O) groups is 2. The Hall–Kier alpha value is -3.68. The fourth-order valence-corrected chi connectivity index (χ4v) is 2.91. The Labute approximate surface area is 157 Å². The van der Waals surface area contributed by atoms with Crippen LogP contribution >= 0.6 is 0 Å². The summed E-state index contributed by atoms with van der Waals surface area (Å²) in [5, 5.41) is 19.5. The van der Waals surface area contributed by atoms with Crippen molar-refractivity contribution in [3.63, 3.8) is 0 Å². The molecule has 0 fully saturated rings. The molecule has 0 atom stereocenters. The van der Waals surface area contributed by atoms with Gasteiger partial charge in [0.05, 0.1) is 24.6 Å². The number of benzene rings is 2. The van der Waals surface area contributed by atoms with E-state index in [0.29, 0.717) is 22.7 Å². The number of aliphatic carboxylic acids is 1. The molecule has 1 aromatic heterocycles. The van der Waals surface area contributed by atoms with E-state index in [0.717, 1.165) is 12.1 Å². The number of hydrogen-bond donors (Lipinski definition) is 2. The van der Waals surface area contributed by atoms with E-state index in [1.54, 1.807) is 22.8 Å². The van der Waals surface area contributed by atoms with Gasteiger partial charge in [0.1, 0.15) is 23.1 Å². The number of rotatable bonds is 6. The van der Waals surface area contributed by atoms with Crippen LogP contribution in [0.1, 0.15) is 11.1 Å². The first kappa shape index (κ1) is 19.1. The van der Waals surface area contributed by atoms with Crippen LogP contribution in [0.5, 0.6) is 5.75 Å². The minimum absolute atomic E-state index is 0.00986. The van der Waals surface area contributed by atoms with Gasteiger partial charge in [-0.25, -0.2) is 13.6 Å². The van der Waals surface area contributed by atoms with Crippen LogP contribution in [0.25, 0.3) is 16.7 Å². The summed E-state index contributed by atoms with van der Waals surface area (Å²) in [6.45, 7) is 0.00986. The normalized spacial score (nSPS) is 11.6. The molecule has 6 nitrogen and oxygen atoms in total. The average molecular weight is 387 g/mol. The summed E-state index contributed by atoms with van der Waals surface area (Å²) in [4.78, 5) is 22.2. The molecule has 2 N–H and O–H groups in total. The monoisotopic (exact) mass is 387 g/mol. The Morgan fingerprint density at radius 3 is 2.57 bits per heavy atom.